The van der Waals surface area contributed by atoms with Crippen LogP contribution in [0.25, 0.3) is 0 Å². The number of halogens is 1. The van der Waals surface area contributed by atoms with Crippen LogP contribution in [0.3, 0.4) is 0 Å². The lowest BCUT2D eigenvalue weighted by Gasteiger charge is -2.37. The highest BCUT2D eigenvalue weighted by Gasteiger charge is 2.38. The monoisotopic (exact) mass is 326 g/mol. The lowest BCUT2D eigenvalue weighted by Crippen LogP contribution is -2.51. The topological polar surface area (TPSA) is 77.3 Å². The second-order valence-corrected chi connectivity index (χ2v) is 6.79. The van der Waals surface area contributed by atoms with Crippen LogP contribution < -0.4 is 4.74 Å². The predicted molar refractivity (Wildman–Crippen MR) is 75.4 cm³/mol. The highest BCUT2D eigenvalue weighted by Crippen LogP contribution is 2.29. The van der Waals surface area contributed by atoms with Crippen molar-refractivity contribution in [2.45, 2.75) is 17.9 Å². The molecule has 0 N–H and O–H groups in total. The molecule has 9 heteroatoms. The molecule has 0 spiro atoms. The van der Waals surface area contributed by atoms with Gasteiger partial charge in [-0.2, -0.15) is 19.3 Å². The van der Waals surface area contributed by atoms with Crippen molar-refractivity contribution in [1.82, 2.24) is 19.3 Å². The largest absolute Gasteiger partial charge is 0.491 e. The van der Waals surface area contributed by atoms with Gasteiger partial charge in [0.05, 0.1) is 29.9 Å². The van der Waals surface area contributed by atoms with E-state index in [1.54, 1.807) is 19.3 Å². The van der Waals surface area contributed by atoms with E-state index in [1.807, 2.05) is 0 Å². The molecule has 1 aromatic carbocycles. The molecule has 1 aromatic heterocycles. The molecule has 1 aliphatic rings. The number of ether oxygens (including phenoxy) is 1. The van der Waals surface area contributed by atoms with E-state index < -0.39 is 15.8 Å². The first-order chi connectivity index (χ1) is 10.5. The predicted octanol–water partition coefficient (Wildman–Crippen LogP) is 1.06. The van der Waals surface area contributed by atoms with Gasteiger partial charge in [-0.15, -0.1) is 0 Å². The van der Waals surface area contributed by atoms with Crippen molar-refractivity contribution in [1.29, 1.82) is 0 Å². The van der Waals surface area contributed by atoms with Gasteiger partial charge in [0.1, 0.15) is 0 Å². The zero-order valence-corrected chi connectivity index (χ0v) is 12.7. The Hall–Kier alpha value is -2.00. The molecule has 0 atom stereocenters. The molecule has 0 bridgehead atoms. The number of nitrogens with zero attached hydrogens (tertiary/aromatic N) is 4. The third-order valence-electron chi connectivity index (χ3n) is 3.43. The average molecular weight is 326 g/mol. The van der Waals surface area contributed by atoms with Crippen molar-refractivity contribution >= 4 is 10.0 Å². The van der Waals surface area contributed by atoms with Gasteiger partial charge in [0, 0.05) is 13.1 Å². The van der Waals surface area contributed by atoms with E-state index >= 15 is 0 Å². The summed E-state index contributed by atoms with van der Waals surface area (Å²) in [5, 5.41) is 7.96. The third kappa shape index (κ3) is 2.57. The minimum atomic E-state index is -3.71. The van der Waals surface area contributed by atoms with Crippen LogP contribution >= 0.6 is 0 Å². The van der Waals surface area contributed by atoms with E-state index in [-0.39, 0.29) is 29.8 Å². The first kappa shape index (κ1) is 14.9. The summed E-state index contributed by atoms with van der Waals surface area (Å²) in [5.41, 5.74) is 0. The molecule has 1 fully saturated rings. The smallest absolute Gasteiger partial charge is 0.243 e. The van der Waals surface area contributed by atoms with Crippen molar-refractivity contribution < 1.29 is 17.5 Å². The van der Waals surface area contributed by atoms with Gasteiger partial charge in [0.25, 0.3) is 0 Å². The molecular formula is C13H15FN4O3S. The lowest BCUT2D eigenvalue weighted by atomic mass is 10.2. The number of benzene rings is 1. The maximum absolute atomic E-state index is 13.8. The first-order valence-electron chi connectivity index (χ1n) is 6.80. The van der Waals surface area contributed by atoms with Crippen LogP contribution in [0, 0.1) is 5.82 Å². The molecule has 1 saturated heterocycles. The number of rotatable bonds is 5. The van der Waals surface area contributed by atoms with Crippen molar-refractivity contribution in [2.75, 3.05) is 19.7 Å². The van der Waals surface area contributed by atoms with Crippen LogP contribution in [-0.4, -0.2) is 47.4 Å². The summed E-state index contributed by atoms with van der Waals surface area (Å²) in [6.45, 7) is 2.58. The van der Waals surface area contributed by atoms with Gasteiger partial charge >= 0.3 is 0 Å². The van der Waals surface area contributed by atoms with Crippen LogP contribution in [0.15, 0.2) is 35.5 Å². The normalized spacial score (nSPS) is 16.5. The Balaban J connectivity index is 1.75. The molecule has 0 aliphatic carbocycles. The third-order valence-corrected chi connectivity index (χ3v) is 5.26. The van der Waals surface area contributed by atoms with E-state index in [4.69, 9.17) is 4.74 Å². The summed E-state index contributed by atoms with van der Waals surface area (Å²) >= 11 is 0. The summed E-state index contributed by atoms with van der Waals surface area (Å²) < 4.78 is 45.0. The van der Waals surface area contributed by atoms with Gasteiger partial charge in [0.15, 0.2) is 11.6 Å². The summed E-state index contributed by atoms with van der Waals surface area (Å²) in [6.07, 6.45) is 3.08. The molecule has 118 valence electrons. The SMILES string of the molecule is CCOc1ccc(S(=O)(=O)N2CC(n3nccn3)C2)cc1F. The van der Waals surface area contributed by atoms with Crippen molar-refractivity contribution in [3.05, 3.63) is 36.4 Å². The fourth-order valence-corrected chi connectivity index (χ4v) is 3.76. The molecule has 22 heavy (non-hydrogen) atoms. The van der Waals surface area contributed by atoms with Gasteiger partial charge in [-0.25, -0.2) is 12.8 Å². The quantitative estimate of drug-likeness (QED) is 0.821. The Bertz CT molecular complexity index is 758. The van der Waals surface area contributed by atoms with Crippen molar-refractivity contribution in [3.63, 3.8) is 0 Å². The average Bonchev–Trinajstić information content (AvgIpc) is 2.93. The van der Waals surface area contributed by atoms with E-state index in [9.17, 15) is 12.8 Å². The maximum atomic E-state index is 13.8. The zero-order chi connectivity index (χ0) is 15.7. The van der Waals surface area contributed by atoms with Gasteiger partial charge < -0.3 is 4.74 Å². The minimum Gasteiger partial charge on any atom is -0.491 e. The maximum Gasteiger partial charge on any atom is 0.243 e. The molecular weight excluding hydrogens is 311 g/mol. The molecule has 7 nitrogen and oxygen atoms in total. The first-order valence-corrected chi connectivity index (χ1v) is 8.24. The van der Waals surface area contributed by atoms with E-state index in [0.717, 1.165) is 6.07 Å². The fraction of sp³-hybridized carbons (Fsp3) is 0.385. The Morgan fingerprint density at radius 1 is 1.32 bits per heavy atom. The Morgan fingerprint density at radius 3 is 2.59 bits per heavy atom. The summed E-state index contributed by atoms with van der Waals surface area (Å²) in [7, 11) is -3.71. The van der Waals surface area contributed by atoms with Gasteiger partial charge in [-0.05, 0) is 25.1 Å². The molecule has 2 aromatic rings. The van der Waals surface area contributed by atoms with Gasteiger partial charge in [-0.3, -0.25) is 0 Å². The van der Waals surface area contributed by atoms with Crippen LogP contribution in [-0.2, 0) is 10.0 Å². The molecule has 1 aliphatic heterocycles. The highest BCUT2D eigenvalue weighted by atomic mass is 32.2. The van der Waals surface area contributed by atoms with Gasteiger partial charge in [0.2, 0.25) is 10.0 Å². The molecule has 0 unspecified atom stereocenters. The van der Waals surface area contributed by atoms with Crippen molar-refractivity contribution in [2.24, 2.45) is 0 Å². The second kappa shape index (κ2) is 5.65. The number of hydrogen-bond acceptors (Lipinski definition) is 5. The van der Waals surface area contributed by atoms with Crippen LogP contribution in [0.1, 0.15) is 13.0 Å². The molecule has 0 amide bonds. The molecule has 3 rings (SSSR count). The Kier molecular flexibility index (Phi) is 3.83. The summed E-state index contributed by atoms with van der Waals surface area (Å²) in [6, 6.07) is 3.58. The molecule has 0 radical (unpaired) electrons. The fourth-order valence-electron chi connectivity index (χ4n) is 2.24. The molecule has 2 heterocycles. The van der Waals surface area contributed by atoms with Crippen LogP contribution in [0.2, 0.25) is 0 Å². The Morgan fingerprint density at radius 2 is 2.00 bits per heavy atom. The minimum absolute atomic E-state index is 0.0451. The van der Waals surface area contributed by atoms with Gasteiger partial charge in [-0.1, -0.05) is 0 Å². The van der Waals surface area contributed by atoms with E-state index in [2.05, 4.69) is 10.2 Å². The number of hydrogen-bond donors (Lipinski definition) is 0. The van der Waals surface area contributed by atoms with Crippen molar-refractivity contribution in [3.8, 4) is 5.75 Å². The standard InChI is InChI=1S/C13H15FN4O3S/c1-2-21-13-4-3-11(7-12(13)14)22(19,20)17-8-10(9-17)18-15-5-6-16-18/h3-7,10H,2,8-9H2,1H3. The van der Waals surface area contributed by atoms with Crippen LogP contribution in [0.4, 0.5) is 4.39 Å². The summed E-state index contributed by atoms with van der Waals surface area (Å²) in [5.74, 6) is -0.641. The number of aromatic nitrogens is 3. The Labute approximate surface area is 127 Å². The summed E-state index contributed by atoms with van der Waals surface area (Å²) in [4.78, 5) is 1.39. The second-order valence-electron chi connectivity index (χ2n) is 4.85. The zero-order valence-electron chi connectivity index (χ0n) is 11.9. The molecule has 0 saturated carbocycles. The van der Waals surface area contributed by atoms with E-state index in [1.165, 1.54) is 21.2 Å². The van der Waals surface area contributed by atoms with E-state index in [0.29, 0.717) is 6.61 Å². The lowest BCUT2D eigenvalue weighted by molar-refractivity contribution is 0.175. The van der Waals surface area contributed by atoms with Crippen LogP contribution in [0.5, 0.6) is 5.75 Å². The number of sulfonamides is 1. The highest BCUT2D eigenvalue weighted by molar-refractivity contribution is 7.89.